The Morgan fingerprint density at radius 3 is 2.81 bits per heavy atom. The van der Waals surface area contributed by atoms with Crippen LogP contribution in [0.2, 0.25) is 0 Å². The molecule has 3 amide bonds. The van der Waals surface area contributed by atoms with E-state index in [-0.39, 0.29) is 51.8 Å². The molecule has 3 rings (SSSR count). The average Bonchev–Trinajstić information content (AvgIpc) is 3.32. The number of nitrogens with zero attached hydrogens (tertiary/aromatic N) is 2. The molecule has 2 heterocycles. The second-order valence-electron chi connectivity index (χ2n) is 6.24. The summed E-state index contributed by atoms with van der Waals surface area (Å²) in [5.41, 5.74) is -0.220. The molecular formula is C20H14BrN3O8. The molecule has 164 valence electrons. The number of hydrogen-bond donors (Lipinski definition) is 1. The number of rotatable bonds is 7. The van der Waals surface area contributed by atoms with Crippen molar-refractivity contribution in [3.63, 3.8) is 0 Å². The van der Waals surface area contributed by atoms with E-state index in [4.69, 9.17) is 15.6 Å². The highest BCUT2D eigenvalue weighted by Crippen LogP contribution is 2.37. The van der Waals surface area contributed by atoms with E-state index in [1.807, 2.05) is 0 Å². The Bertz CT molecular complexity index is 1190. The maximum Gasteiger partial charge on any atom is 0.373 e. The highest BCUT2D eigenvalue weighted by Gasteiger charge is 2.34. The number of amides is 3. The Balaban J connectivity index is 1.85. The summed E-state index contributed by atoms with van der Waals surface area (Å²) in [6, 6.07) is 4.73. The number of furan rings is 1. The highest BCUT2D eigenvalue weighted by atomic mass is 79.9. The fourth-order valence-corrected chi connectivity index (χ4v) is 3.37. The number of urea groups is 1. The molecule has 1 saturated heterocycles. The number of nitro groups is 1. The third-order valence-electron chi connectivity index (χ3n) is 4.18. The molecule has 0 unspecified atom stereocenters. The number of esters is 1. The Kier molecular flexibility index (Phi) is 6.60. The van der Waals surface area contributed by atoms with Crippen LogP contribution in [-0.4, -0.2) is 41.4 Å². The molecule has 1 aliphatic rings. The van der Waals surface area contributed by atoms with Crippen molar-refractivity contribution in [2.75, 3.05) is 13.7 Å². The first-order valence-electron chi connectivity index (χ1n) is 8.81. The minimum atomic E-state index is -0.722. The van der Waals surface area contributed by atoms with Crippen LogP contribution in [0.5, 0.6) is 5.75 Å². The lowest BCUT2D eigenvalue weighted by Crippen LogP contribution is -2.30. The predicted octanol–water partition coefficient (Wildman–Crippen LogP) is 2.84. The zero-order valence-corrected chi connectivity index (χ0v) is 18.0. The maximum atomic E-state index is 12.7. The van der Waals surface area contributed by atoms with E-state index in [0.29, 0.717) is 0 Å². The number of terminal acetylenes is 1. The van der Waals surface area contributed by atoms with Crippen molar-refractivity contribution in [1.29, 1.82) is 0 Å². The zero-order chi connectivity index (χ0) is 23.4. The molecule has 0 radical (unpaired) electrons. The molecule has 12 heteroatoms. The molecule has 1 aromatic carbocycles. The molecule has 0 aliphatic carbocycles. The van der Waals surface area contributed by atoms with E-state index in [1.54, 1.807) is 0 Å². The van der Waals surface area contributed by atoms with Gasteiger partial charge in [0.05, 0.1) is 23.1 Å². The molecule has 1 aliphatic heterocycles. The van der Waals surface area contributed by atoms with Crippen LogP contribution in [0.4, 0.5) is 10.5 Å². The first kappa shape index (κ1) is 22.6. The van der Waals surface area contributed by atoms with Gasteiger partial charge in [0, 0.05) is 6.07 Å². The van der Waals surface area contributed by atoms with Gasteiger partial charge < -0.3 is 19.2 Å². The van der Waals surface area contributed by atoms with Crippen LogP contribution < -0.4 is 10.1 Å². The summed E-state index contributed by atoms with van der Waals surface area (Å²) in [5.74, 6) is 0.891. The minimum absolute atomic E-state index is 0.0576. The van der Waals surface area contributed by atoms with E-state index in [0.717, 1.165) is 4.90 Å². The topological polar surface area (TPSA) is 141 Å². The number of methoxy groups -OCH3 is 1. The molecule has 2 aromatic rings. The Hall–Kier alpha value is -4.11. The van der Waals surface area contributed by atoms with Gasteiger partial charge in [-0.3, -0.25) is 19.8 Å². The van der Waals surface area contributed by atoms with Crippen molar-refractivity contribution in [2.45, 2.75) is 6.54 Å². The summed E-state index contributed by atoms with van der Waals surface area (Å²) < 4.78 is 15.3. The van der Waals surface area contributed by atoms with Gasteiger partial charge in [-0.15, -0.1) is 6.42 Å². The van der Waals surface area contributed by atoms with Gasteiger partial charge in [0.2, 0.25) is 11.5 Å². The monoisotopic (exact) mass is 503 g/mol. The summed E-state index contributed by atoms with van der Waals surface area (Å²) in [6.07, 6.45) is 6.41. The Morgan fingerprint density at radius 2 is 2.16 bits per heavy atom. The first-order chi connectivity index (χ1) is 15.2. The van der Waals surface area contributed by atoms with Crippen LogP contribution >= 0.6 is 15.9 Å². The summed E-state index contributed by atoms with van der Waals surface area (Å²) >= 11 is 3.19. The van der Waals surface area contributed by atoms with E-state index in [1.165, 1.54) is 37.5 Å². The number of nitrogens with one attached hydrogen (secondary N) is 1. The molecule has 1 fully saturated rings. The largest absolute Gasteiger partial charge is 0.473 e. The molecule has 0 bridgehead atoms. The summed E-state index contributed by atoms with van der Waals surface area (Å²) in [4.78, 5) is 48.0. The van der Waals surface area contributed by atoms with Gasteiger partial charge in [-0.25, -0.2) is 9.59 Å². The zero-order valence-electron chi connectivity index (χ0n) is 16.4. The van der Waals surface area contributed by atoms with Crippen LogP contribution in [0.15, 0.2) is 38.9 Å². The van der Waals surface area contributed by atoms with Crippen molar-refractivity contribution in [3.8, 4) is 18.1 Å². The molecule has 0 atom stereocenters. The lowest BCUT2D eigenvalue weighted by molar-refractivity contribution is -0.385. The second kappa shape index (κ2) is 9.36. The second-order valence-corrected chi connectivity index (χ2v) is 7.09. The fraction of sp³-hybridized carbons (Fsp3) is 0.150. The van der Waals surface area contributed by atoms with Crippen molar-refractivity contribution in [3.05, 3.63) is 61.6 Å². The fourth-order valence-electron chi connectivity index (χ4n) is 2.79. The van der Waals surface area contributed by atoms with Crippen molar-refractivity contribution < 1.29 is 33.2 Å². The third-order valence-corrected chi connectivity index (χ3v) is 4.77. The first-order valence-corrected chi connectivity index (χ1v) is 9.60. The standard InChI is InChI=1S/C20H14BrN3O8/c1-3-6-31-17-13(21)7-11(9-15(17)24(28)29)8-14-18(25)23(20(27)22-14)10-12-4-5-16(32-12)19(26)30-2/h1,4-5,7-9H,6,10H2,2H3,(H,22,27)/b14-8-. The van der Waals surface area contributed by atoms with Crippen LogP contribution in [0.25, 0.3) is 6.08 Å². The molecule has 32 heavy (non-hydrogen) atoms. The van der Waals surface area contributed by atoms with Crippen LogP contribution in [0, 0.1) is 22.5 Å². The molecule has 1 N–H and O–H groups in total. The molecular weight excluding hydrogens is 490 g/mol. The van der Waals surface area contributed by atoms with Gasteiger partial charge in [-0.1, -0.05) is 5.92 Å². The number of nitro benzene ring substituents is 1. The maximum absolute atomic E-state index is 12.7. The lowest BCUT2D eigenvalue weighted by Gasteiger charge is -2.09. The normalized spacial score (nSPS) is 14.3. The summed E-state index contributed by atoms with van der Waals surface area (Å²) in [6.45, 7) is -0.407. The highest BCUT2D eigenvalue weighted by molar-refractivity contribution is 9.10. The van der Waals surface area contributed by atoms with Crippen molar-refractivity contribution in [2.24, 2.45) is 0 Å². The average molecular weight is 504 g/mol. The van der Waals surface area contributed by atoms with E-state index in [9.17, 15) is 24.5 Å². The number of carbonyl (C=O) groups is 3. The molecule has 0 saturated carbocycles. The van der Waals surface area contributed by atoms with Gasteiger partial charge >= 0.3 is 17.7 Å². The van der Waals surface area contributed by atoms with Gasteiger partial charge in [-0.05, 0) is 45.8 Å². The number of hydrogen-bond acceptors (Lipinski definition) is 8. The number of benzene rings is 1. The minimum Gasteiger partial charge on any atom is -0.473 e. The lowest BCUT2D eigenvalue weighted by atomic mass is 10.1. The van der Waals surface area contributed by atoms with Crippen molar-refractivity contribution in [1.82, 2.24) is 10.2 Å². The molecule has 1 aromatic heterocycles. The van der Waals surface area contributed by atoms with Gasteiger partial charge in [0.1, 0.15) is 18.1 Å². The van der Waals surface area contributed by atoms with Crippen LogP contribution in [0.1, 0.15) is 21.9 Å². The quantitative estimate of drug-likeness (QED) is 0.152. The van der Waals surface area contributed by atoms with Crippen molar-refractivity contribution >= 4 is 45.6 Å². The number of halogens is 1. The van der Waals surface area contributed by atoms with Crippen LogP contribution in [0.3, 0.4) is 0 Å². The number of imide groups is 1. The number of carbonyl (C=O) groups excluding carboxylic acids is 3. The third kappa shape index (κ3) is 4.62. The van der Waals surface area contributed by atoms with Gasteiger partial charge in [0.15, 0.2) is 0 Å². The summed E-state index contributed by atoms with van der Waals surface area (Å²) in [7, 11) is 1.19. The number of ether oxygens (including phenoxy) is 2. The van der Waals surface area contributed by atoms with E-state index < -0.39 is 22.8 Å². The SMILES string of the molecule is C#CCOc1c(Br)cc(/C=C2\NC(=O)N(Cc3ccc(C(=O)OC)o3)C2=O)cc1[N+](=O)[O-]. The van der Waals surface area contributed by atoms with Crippen LogP contribution in [-0.2, 0) is 16.1 Å². The smallest absolute Gasteiger partial charge is 0.373 e. The summed E-state index contributed by atoms with van der Waals surface area (Å²) in [5, 5.41) is 13.8. The van der Waals surface area contributed by atoms with Gasteiger partial charge in [-0.2, -0.15) is 0 Å². The van der Waals surface area contributed by atoms with Gasteiger partial charge in [0.25, 0.3) is 5.91 Å². The van der Waals surface area contributed by atoms with E-state index >= 15 is 0 Å². The Morgan fingerprint density at radius 1 is 1.41 bits per heavy atom. The van der Waals surface area contributed by atoms with E-state index in [2.05, 4.69) is 31.9 Å². The Labute approximate surface area is 189 Å². The molecule has 11 nitrogen and oxygen atoms in total. The molecule has 0 spiro atoms. The predicted molar refractivity (Wildman–Crippen MR) is 112 cm³/mol.